The van der Waals surface area contributed by atoms with Gasteiger partial charge in [-0.15, -0.1) is 6.58 Å². The van der Waals surface area contributed by atoms with Crippen LogP contribution in [-0.2, 0) is 24.0 Å². The molecular formula is C18H24BrNO5. The number of nitrogens with zero attached hydrogens (tertiary/aromatic N) is 1. The molecule has 0 spiro atoms. The molecule has 0 N–H and O–H groups in total. The van der Waals surface area contributed by atoms with E-state index in [-0.39, 0.29) is 12.2 Å². The monoisotopic (exact) mass is 413 g/mol. The molecule has 0 aliphatic carbocycles. The maximum Gasteiger partial charge on any atom is 0.171 e. The molecule has 0 bridgehead atoms. The number of hydrogen-bond acceptors (Lipinski definition) is 6. The summed E-state index contributed by atoms with van der Waals surface area (Å²) < 4.78 is 18.0. The Labute approximate surface area is 156 Å². The molecule has 3 aliphatic heterocycles. The van der Waals surface area contributed by atoms with E-state index < -0.39 is 5.60 Å². The Morgan fingerprint density at radius 3 is 2.84 bits per heavy atom. The predicted octanol–water partition coefficient (Wildman–Crippen LogP) is 3.03. The van der Waals surface area contributed by atoms with E-state index in [4.69, 9.17) is 24.0 Å². The average Bonchev–Trinajstić information content (AvgIpc) is 2.59. The number of allylic oxidation sites excluding steroid dienone is 2. The fourth-order valence-corrected chi connectivity index (χ4v) is 4.24. The summed E-state index contributed by atoms with van der Waals surface area (Å²) in [5.41, 5.74) is 1.36. The Morgan fingerprint density at radius 1 is 1.48 bits per heavy atom. The van der Waals surface area contributed by atoms with Crippen molar-refractivity contribution < 1.29 is 24.0 Å². The van der Waals surface area contributed by atoms with E-state index in [0.29, 0.717) is 26.2 Å². The van der Waals surface area contributed by atoms with E-state index in [1.807, 2.05) is 19.2 Å². The Hall–Kier alpha value is -1.12. The number of ether oxygens (including phenoxy) is 3. The van der Waals surface area contributed by atoms with E-state index in [1.165, 1.54) is 0 Å². The zero-order valence-corrected chi connectivity index (χ0v) is 16.4. The maximum atomic E-state index is 6.03. The second-order valence-corrected chi connectivity index (χ2v) is 6.97. The van der Waals surface area contributed by atoms with Crippen molar-refractivity contribution in [3.8, 4) is 0 Å². The van der Waals surface area contributed by atoms with Crippen molar-refractivity contribution in [3.63, 3.8) is 0 Å². The fraction of sp³-hybridized carbons (Fsp3) is 0.556. The van der Waals surface area contributed by atoms with Gasteiger partial charge in [-0.3, -0.25) is 0 Å². The first-order valence-corrected chi connectivity index (χ1v) is 9.07. The minimum absolute atomic E-state index is 0.176. The second-order valence-electron chi connectivity index (χ2n) is 6.12. The van der Waals surface area contributed by atoms with E-state index >= 15 is 0 Å². The minimum atomic E-state index is -0.592. The molecule has 2 fully saturated rings. The minimum Gasteiger partial charge on any atom is -0.494 e. The van der Waals surface area contributed by atoms with Crippen molar-refractivity contribution in [1.29, 1.82) is 0 Å². The van der Waals surface area contributed by atoms with Crippen molar-refractivity contribution in [2.45, 2.75) is 31.2 Å². The molecule has 2 saturated heterocycles. The van der Waals surface area contributed by atoms with Crippen LogP contribution in [0.3, 0.4) is 0 Å². The summed E-state index contributed by atoms with van der Waals surface area (Å²) in [5.74, 6) is 0.786. The Bertz CT molecular complexity index is 629. The molecule has 3 atom stereocenters. The standard InChI is InChI=1S/C18H24BrNO5/c1-5-8-23-14-11-20-10-13(19)12(6-2)16(22-4)15(20)17-18(14,25-24-17)7-9-21-3/h5-6,10,14,17H,1,7-9,11H2,2-4H3/b12-6+. The van der Waals surface area contributed by atoms with E-state index in [9.17, 15) is 0 Å². The molecule has 7 heteroatoms. The van der Waals surface area contributed by atoms with Gasteiger partial charge in [-0.05, 0) is 22.9 Å². The average molecular weight is 414 g/mol. The molecule has 0 saturated carbocycles. The lowest BCUT2D eigenvalue weighted by atomic mass is 9.78. The van der Waals surface area contributed by atoms with Crippen LogP contribution in [0.25, 0.3) is 0 Å². The van der Waals surface area contributed by atoms with Gasteiger partial charge in [0, 0.05) is 36.4 Å². The lowest BCUT2D eigenvalue weighted by Gasteiger charge is -2.57. The number of halogens is 1. The van der Waals surface area contributed by atoms with Gasteiger partial charge in [-0.1, -0.05) is 12.2 Å². The van der Waals surface area contributed by atoms with Gasteiger partial charge in [0.25, 0.3) is 0 Å². The SMILES string of the molecule is C=CCOC1CN2C=C(Br)/C(=C\C)C(OC)=C2C2OOC12CCOC. The zero-order valence-electron chi connectivity index (χ0n) is 14.8. The largest absolute Gasteiger partial charge is 0.494 e. The zero-order chi connectivity index (χ0) is 18.0. The Morgan fingerprint density at radius 2 is 2.28 bits per heavy atom. The van der Waals surface area contributed by atoms with Crippen LogP contribution in [0.2, 0.25) is 0 Å². The van der Waals surface area contributed by atoms with E-state index in [1.54, 1.807) is 20.3 Å². The first-order valence-electron chi connectivity index (χ1n) is 8.28. The van der Waals surface area contributed by atoms with Crippen LogP contribution in [0, 0.1) is 0 Å². The predicted molar refractivity (Wildman–Crippen MR) is 96.6 cm³/mol. The smallest absolute Gasteiger partial charge is 0.171 e. The first kappa shape index (κ1) is 18.7. The van der Waals surface area contributed by atoms with Crippen LogP contribution < -0.4 is 0 Å². The molecule has 0 radical (unpaired) electrons. The van der Waals surface area contributed by atoms with Crippen LogP contribution in [0.15, 0.2) is 46.4 Å². The van der Waals surface area contributed by atoms with Crippen molar-refractivity contribution in [2.24, 2.45) is 0 Å². The molecule has 6 nitrogen and oxygen atoms in total. The van der Waals surface area contributed by atoms with Crippen molar-refractivity contribution in [1.82, 2.24) is 4.90 Å². The van der Waals surface area contributed by atoms with Gasteiger partial charge in [0.15, 0.2) is 11.7 Å². The molecule has 0 aromatic heterocycles. The highest BCUT2D eigenvalue weighted by Crippen LogP contribution is 2.50. The fourth-order valence-electron chi connectivity index (χ4n) is 3.58. The highest BCUT2D eigenvalue weighted by atomic mass is 79.9. The molecule has 3 rings (SSSR count). The Kier molecular flexibility index (Phi) is 5.70. The Balaban J connectivity index is 2.02. The van der Waals surface area contributed by atoms with Crippen molar-refractivity contribution in [2.75, 3.05) is 34.0 Å². The van der Waals surface area contributed by atoms with Crippen LogP contribution in [0.1, 0.15) is 13.3 Å². The number of piperidine rings is 1. The number of rotatable bonds is 7. The third kappa shape index (κ3) is 2.98. The maximum absolute atomic E-state index is 6.03. The van der Waals surface area contributed by atoms with Gasteiger partial charge in [-0.25, -0.2) is 9.78 Å². The van der Waals surface area contributed by atoms with Crippen LogP contribution in [0.4, 0.5) is 0 Å². The van der Waals surface area contributed by atoms with Gasteiger partial charge >= 0.3 is 0 Å². The molecule has 0 aromatic rings. The molecule has 3 aliphatic rings. The van der Waals surface area contributed by atoms with Crippen LogP contribution in [0.5, 0.6) is 0 Å². The summed E-state index contributed by atoms with van der Waals surface area (Å²) in [6.45, 7) is 7.36. The lowest BCUT2D eigenvalue weighted by Crippen LogP contribution is -2.72. The summed E-state index contributed by atoms with van der Waals surface area (Å²) in [5, 5.41) is 0. The van der Waals surface area contributed by atoms with E-state index in [2.05, 4.69) is 27.4 Å². The lowest BCUT2D eigenvalue weighted by molar-refractivity contribution is -0.526. The molecule has 138 valence electrons. The van der Waals surface area contributed by atoms with E-state index in [0.717, 1.165) is 21.5 Å². The molecule has 0 amide bonds. The summed E-state index contributed by atoms with van der Waals surface area (Å²) in [4.78, 5) is 13.3. The second kappa shape index (κ2) is 7.63. The third-order valence-electron chi connectivity index (χ3n) is 4.82. The van der Waals surface area contributed by atoms with Crippen molar-refractivity contribution >= 4 is 15.9 Å². The van der Waals surface area contributed by atoms with Gasteiger partial charge in [0.05, 0.1) is 26.0 Å². The van der Waals surface area contributed by atoms with Gasteiger partial charge < -0.3 is 19.1 Å². The first-order chi connectivity index (χ1) is 12.1. The summed E-state index contributed by atoms with van der Waals surface area (Å²) in [6.07, 6.45) is 6.00. The number of fused-ring (bicyclic) bond motifs is 3. The molecular weight excluding hydrogens is 390 g/mol. The number of methoxy groups -OCH3 is 2. The van der Waals surface area contributed by atoms with Crippen molar-refractivity contribution in [3.05, 3.63) is 46.4 Å². The van der Waals surface area contributed by atoms with Crippen LogP contribution >= 0.6 is 15.9 Å². The highest BCUT2D eigenvalue weighted by Gasteiger charge is 2.64. The normalized spacial score (nSPS) is 32.7. The summed E-state index contributed by atoms with van der Waals surface area (Å²) >= 11 is 3.63. The summed E-state index contributed by atoms with van der Waals surface area (Å²) in [6, 6.07) is 0. The van der Waals surface area contributed by atoms with Gasteiger partial charge in [0.2, 0.25) is 0 Å². The number of hydrogen-bond donors (Lipinski definition) is 0. The molecule has 3 heterocycles. The van der Waals surface area contributed by atoms with Gasteiger partial charge in [-0.2, -0.15) is 0 Å². The topological polar surface area (TPSA) is 49.4 Å². The quantitative estimate of drug-likeness (QED) is 0.472. The van der Waals surface area contributed by atoms with Crippen LogP contribution in [-0.4, -0.2) is 56.7 Å². The summed E-state index contributed by atoms with van der Waals surface area (Å²) in [7, 11) is 3.35. The highest BCUT2D eigenvalue weighted by molar-refractivity contribution is 9.12. The van der Waals surface area contributed by atoms with Gasteiger partial charge in [0.1, 0.15) is 11.9 Å². The third-order valence-corrected chi connectivity index (χ3v) is 5.45. The molecule has 0 aromatic carbocycles. The molecule has 25 heavy (non-hydrogen) atoms. The molecule has 3 unspecified atom stereocenters.